The summed E-state index contributed by atoms with van der Waals surface area (Å²) in [5.74, 6) is 0.458. The molecule has 2 aromatic carbocycles. The number of ether oxygens (including phenoxy) is 3. The lowest BCUT2D eigenvalue weighted by molar-refractivity contribution is -0.137. The summed E-state index contributed by atoms with van der Waals surface area (Å²) in [5.41, 5.74) is 3.02. The third-order valence-electron chi connectivity index (χ3n) is 5.28. The molecule has 2 amide bonds. The Balaban J connectivity index is 1.40. The number of nitrogens with one attached hydrogen (secondary N) is 1. The van der Waals surface area contributed by atoms with E-state index >= 15 is 0 Å². The fraction of sp³-hybridized carbons (Fsp3) is 0.320. The summed E-state index contributed by atoms with van der Waals surface area (Å²) in [4.78, 5) is 31.4. The van der Waals surface area contributed by atoms with Crippen molar-refractivity contribution in [3.05, 3.63) is 58.4 Å². The van der Waals surface area contributed by atoms with Gasteiger partial charge in [-0.3, -0.25) is 9.59 Å². The number of anilines is 1. The van der Waals surface area contributed by atoms with E-state index in [0.717, 1.165) is 16.3 Å². The molecule has 4 rings (SSSR count). The van der Waals surface area contributed by atoms with Crippen molar-refractivity contribution in [2.45, 2.75) is 13.8 Å². The quantitative estimate of drug-likeness (QED) is 0.523. The van der Waals surface area contributed by atoms with Crippen LogP contribution in [-0.2, 0) is 9.53 Å². The van der Waals surface area contributed by atoms with Crippen molar-refractivity contribution >= 4 is 28.8 Å². The summed E-state index contributed by atoms with van der Waals surface area (Å²) < 4.78 is 16.7. The third kappa shape index (κ3) is 5.92. The minimum Gasteiger partial charge on any atom is -0.490 e. The van der Waals surface area contributed by atoms with Crippen LogP contribution >= 0.6 is 11.3 Å². The van der Waals surface area contributed by atoms with Crippen molar-refractivity contribution in [3.8, 4) is 22.8 Å². The van der Waals surface area contributed by atoms with Gasteiger partial charge in [-0.25, -0.2) is 4.98 Å². The van der Waals surface area contributed by atoms with Crippen LogP contribution in [0.3, 0.4) is 0 Å². The van der Waals surface area contributed by atoms with Crippen LogP contribution in [0.1, 0.15) is 22.3 Å². The first-order valence-corrected chi connectivity index (χ1v) is 12.0. The molecule has 0 bridgehead atoms. The molecule has 34 heavy (non-hydrogen) atoms. The number of hydrogen-bond donors (Lipinski definition) is 1. The van der Waals surface area contributed by atoms with E-state index in [2.05, 4.69) is 10.3 Å². The fourth-order valence-corrected chi connectivity index (χ4v) is 4.13. The topological polar surface area (TPSA) is 90.0 Å². The van der Waals surface area contributed by atoms with Gasteiger partial charge in [0.2, 0.25) is 0 Å². The predicted octanol–water partition coefficient (Wildman–Crippen LogP) is 4.01. The zero-order chi connectivity index (χ0) is 23.9. The van der Waals surface area contributed by atoms with E-state index in [1.807, 2.05) is 43.5 Å². The molecule has 1 fully saturated rings. The highest BCUT2D eigenvalue weighted by molar-refractivity contribution is 7.09. The number of amides is 2. The van der Waals surface area contributed by atoms with E-state index in [0.29, 0.717) is 55.7 Å². The van der Waals surface area contributed by atoms with E-state index in [4.69, 9.17) is 14.2 Å². The van der Waals surface area contributed by atoms with Gasteiger partial charge in [0.15, 0.2) is 18.1 Å². The van der Waals surface area contributed by atoms with Gasteiger partial charge in [-0.05, 0) is 44.2 Å². The molecule has 0 saturated carbocycles. The SMILES string of the molecule is CCOc1cc(C(=O)Nc2ccc(-c3csc(C)n3)cc2)ccc1OCC(=O)N1CCOCC1. The molecule has 9 heteroatoms. The van der Waals surface area contributed by atoms with E-state index in [1.54, 1.807) is 34.4 Å². The molecule has 2 heterocycles. The lowest BCUT2D eigenvalue weighted by Crippen LogP contribution is -2.43. The molecule has 3 aromatic rings. The summed E-state index contributed by atoms with van der Waals surface area (Å²) in [6, 6.07) is 12.5. The van der Waals surface area contributed by atoms with E-state index in [9.17, 15) is 9.59 Å². The average molecular weight is 482 g/mol. The first kappa shape index (κ1) is 23.7. The van der Waals surface area contributed by atoms with Gasteiger partial charge in [-0.2, -0.15) is 0 Å². The zero-order valence-corrected chi connectivity index (χ0v) is 20.0. The Morgan fingerprint density at radius 1 is 1.09 bits per heavy atom. The number of thiazole rings is 1. The van der Waals surface area contributed by atoms with Gasteiger partial charge in [0, 0.05) is 35.3 Å². The van der Waals surface area contributed by atoms with Crippen molar-refractivity contribution in [2.75, 3.05) is 44.8 Å². The highest BCUT2D eigenvalue weighted by atomic mass is 32.1. The van der Waals surface area contributed by atoms with Gasteiger partial charge in [0.1, 0.15) is 0 Å². The molecule has 1 aliphatic rings. The van der Waals surface area contributed by atoms with Crippen molar-refractivity contribution in [2.24, 2.45) is 0 Å². The first-order chi connectivity index (χ1) is 16.5. The second-order valence-corrected chi connectivity index (χ2v) is 8.72. The van der Waals surface area contributed by atoms with Gasteiger partial charge < -0.3 is 24.4 Å². The van der Waals surface area contributed by atoms with Crippen molar-refractivity contribution in [3.63, 3.8) is 0 Å². The van der Waals surface area contributed by atoms with E-state index in [1.165, 1.54) is 0 Å². The Labute approximate surface area is 202 Å². The van der Waals surface area contributed by atoms with Crippen molar-refractivity contribution in [1.82, 2.24) is 9.88 Å². The Kier molecular flexibility index (Phi) is 7.76. The van der Waals surface area contributed by atoms with Crippen LogP contribution in [0, 0.1) is 6.92 Å². The maximum Gasteiger partial charge on any atom is 0.260 e. The monoisotopic (exact) mass is 481 g/mol. The maximum atomic E-state index is 12.8. The Morgan fingerprint density at radius 2 is 1.85 bits per heavy atom. The molecule has 0 spiro atoms. The van der Waals surface area contributed by atoms with Crippen LogP contribution in [0.15, 0.2) is 47.8 Å². The Hall–Kier alpha value is -3.43. The third-order valence-corrected chi connectivity index (χ3v) is 6.05. The van der Waals surface area contributed by atoms with Gasteiger partial charge in [0.05, 0.1) is 30.5 Å². The Bertz CT molecular complexity index is 1140. The molecule has 0 radical (unpaired) electrons. The molecular weight excluding hydrogens is 454 g/mol. The Morgan fingerprint density at radius 3 is 2.53 bits per heavy atom. The van der Waals surface area contributed by atoms with E-state index < -0.39 is 0 Å². The van der Waals surface area contributed by atoms with Gasteiger partial charge in [-0.1, -0.05) is 12.1 Å². The van der Waals surface area contributed by atoms with Gasteiger partial charge >= 0.3 is 0 Å². The second-order valence-electron chi connectivity index (χ2n) is 7.66. The molecule has 178 valence electrons. The van der Waals surface area contributed by atoms with Crippen LogP contribution in [0.25, 0.3) is 11.3 Å². The standard InChI is InChI=1S/C25H27N3O5S/c1-3-32-23-14-19(6-9-22(23)33-15-24(29)28-10-12-31-13-11-28)25(30)27-20-7-4-18(5-8-20)21-16-34-17(2)26-21/h4-9,14,16H,3,10-13,15H2,1-2H3,(H,27,30). The molecule has 1 saturated heterocycles. The van der Waals surface area contributed by atoms with Gasteiger partial charge in [-0.15, -0.1) is 11.3 Å². The minimum absolute atomic E-state index is 0.101. The number of aromatic nitrogens is 1. The summed E-state index contributed by atoms with van der Waals surface area (Å²) in [5, 5.41) is 5.92. The number of hydrogen-bond acceptors (Lipinski definition) is 7. The van der Waals surface area contributed by atoms with Crippen LogP contribution in [-0.4, -0.2) is 61.2 Å². The molecular formula is C25H27N3O5S. The van der Waals surface area contributed by atoms with Crippen LogP contribution < -0.4 is 14.8 Å². The molecule has 0 aliphatic carbocycles. The molecule has 0 atom stereocenters. The normalized spacial score (nSPS) is 13.4. The summed E-state index contributed by atoms with van der Waals surface area (Å²) in [6.07, 6.45) is 0. The van der Waals surface area contributed by atoms with Crippen LogP contribution in [0.4, 0.5) is 5.69 Å². The molecule has 1 N–H and O–H groups in total. The van der Waals surface area contributed by atoms with E-state index in [-0.39, 0.29) is 18.4 Å². The number of nitrogens with zero attached hydrogens (tertiary/aromatic N) is 2. The number of rotatable bonds is 8. The summed E-state index contributed by atoms with van der Waals surface area (Å²) in [7, 11) is 0. The minimum atomic E-state index is -0.269. The lowest BCUT2D eigenvalue weighted by atomic mass is 10.1. The number of aryl methyl sites for hydroxylation is 1. The van der Waals surface area contributed by atoms with Crippen molar-refractivity contribution < 1.29 is 23.8 Å². The second kappa shape index (κ2) is 11.1. The predicted molar refractivity (Wildman–Crippen MR) is 131 cm³/mol. The smallest absolute Gasteiger partial charge is 0.260 e. The molecule has 1 aromatic heterocycles. The highest BCUT2D eigenvalue weighted by Crippen LogP contribution is 2.29. The van der Waals surface area contributed by atoms with Gasteiger partial charge in [0.25, 0.3) is 11.8 Å². The highest BCUT2D eigenvalue weighted by Gasteiger charge is 2.19. The molecule has 0 unspecified atom stereocenters. The summed E-state index contributed by atoms with van der Waals surface area (Å²) >= 11 is 1.60. The largest absolute Gasteiger partial charge is 0.490 e. The first-order valence-electron chi connectivity index (χ1n) is 11.1. The van der Waals surface area contributed by atoms with Crippen LogP contribution in [0.2, 0.25) is 0 Å². The number of benzene rings is 2. The number of morpholine rings is 1. The average Bonchev–Trinajstić information content (AvgIpc) is 3.30. The van der Waals surface area contributed by atoms with Crippen LogP contribution in [0.5, 0.6) is 11.5 Å². The number of carbonyl (C=O) groups is 2. The number of carbonyl (C=O) groups excluding carboxylic acids is 2. The molecule has 8 nitrogen and oxygen atoms in total. The summed E-state index contributed by atoms with van der Waals surface area (Å²) in [6.45, 7) is 6.30. The zero-order valence-electron chi connectivity index (χ0n) is 19.2. The van der Waals surface area contributed by atoms with Crippen molar-refractivity contribution in [1.29, 1.82) is 0 Å². The lowest BCUT2D eigenvalue weighted by Gasteiger charge is -2.26. The maximum absolute atomic E-state index is 12.8. The molecule has 1 aliphatic heterocycles. The fourth-order valence-electron chi connectivity index (χ4n) is 3.50.